The normalized spacial score (nSPS) is 10.9. The van der Waals surface area contributed by atoms with Gasteiger partial charge >= 0.3 is 16.1 Å². The number of aromatic nitrogens is 1. The van der Waals surface area contributed by atoms with Gasteiger partial charge in [0.05, 0.1) is 0 Å². The van der Waals surface area contributed by atoms with Crippen molar-refractivity contribution in [2.75, 3.05) is 5.75 Å². The molecule has 1 aromatic heterocycles. The Morgan fingerprint density at radius 3 is 2.71 bits per heavy atom. The molecule has 0 aliphatic heterocycles. The van der Waals surface area contributed by atoms with Crippen molar-refractivity contribution in [3.05, 3.63) is 24.4 Å². The lowest BCUT2D eigenvalue weighted by Crippen LogP contribution is -2.20. The molecule has 1 N–H and O–H groups in total. The summed E-state index contributed by atoms with van der Waals surface area (Å²) >= 11 is 0. The van der Waals surface area contributed by atoms with Gasteiger partial charge in [-0.15, -0.1) is 0 Å². The first kappa shape index (κ1) is 10.5. The second-order valence-electron chi connectivity index (χ2n) is 2.35. The number of hydrogen-bond acceptors (Lipinski definition) is 5. The molecule has 0 aliphatic carbocycles. The summed E-state index contributed by atoms with van der Waals surface area (Å²) in [4.78, 5) is 13.7. The molecule has 0 unspecified atom stereocenters. The van der Waals surface area contributed by atoms with E-state index in [0.29, 0.717) is 0 Å². The third-order valence-electron chi connectivity index (χ3n) is 1.15. The molecule has 0 aromatic carbocycles. The Labute approximate surface area is 80.3 Å². The number of hydrogen-bond donors (Lipinski definition) is 1. The highest BCUT2D eigenvalue weighted by atomic mass is 32.2. The average molecular weight is 217 g/mol. The molecule has 76 valence electrons. The minimum absolute atomic E-state index is 0.145. The zero-order valence-corrected chi connectivity index (χ0v) is 7.77. The topological polar surface area (TPSA) is 93.6 Å². The maximum Gasteiger partial charge on any atom is 0.322 e. The van der Waals surface area contributed by atoms with E-state index in [9.17, 15) is 13.2 Å². The summed E-state index contributed by atoms with van der Waals surface area (Å²) in [6.45, 7) is 0. The van der Waals surface area contributed by atoms with Crippen molar-refractivity contribution in [3.8, 4) is 5.88 Å². The van der Waals surface area contributed by atoms with Crippen LogP contribution in [0.25, 0.3) is 0 Å². The maximum absolute atomic E-state index is 11.0. The van der Waals surface area contributed by atoms with Gasteiger partial charge in [0.2, 0.25) is 5.88 Å². The third-order valence-corrected chi connectivity index (χ3v) is 2.18. The third kappa shape index (κ3) is 3.40. The van der Waals surface area contributed by atoms with E-state index in [-0.39, 0.29) is 5.88 Å². The summed E-state index contributed by atoms with van der Waals surface area (Å²) in [5.41, 5.74) is 0. The van der Waals surface area contributed by atoms with Crippen LogP contribution < -0.4 is 4.18 Å². The lowest BCUT2D eigenvalue weighted by molar-refractivity contribution is -0.134. The van der Waals surface area contributed by atoms with E-state index in [1.165, 1.54) is 18.3 Å². The lowest BCUT2D eigenvalue weighted by atomic mass is 10.5. The summed E-state index contributed by atoms with van der Waals surface area (Å²) in [5.74, 6) is -2.70. The Balaban J connectivity index is 2.74. The number of carbonyl (C=O) groups is 1. The molecule has 14 heavy (non-hydrogen) atoms. The first-order valence-electron chi connectivity index (χ1n) is 3.54. The first-order chi connectivity index (χ1) is 6.49. The Bertz CT molecular complexity index is 413. The molecule has 1 rings (SSSR count). The molecule has 7 heteroatoms. The van der Waals surface area contributed by atoms with E-state index in [1.54, 1.807) is 6.07 Å². The molecule has 1 aromatic rings. The van der Waals surface area contributed by atoms with Crippen molar-refractivity contribution in [1.29, 1.82) is 0 Å². The van der Waals surface area contributed by atoms with Crippen molar-refractivity contribution in [2.45, 2.75) is 0 Å². The minimum atomic E-state index is -4.10. The van der Waals surface area contributed by atoms with Crippen LogP contribution >= 0.6 is 0 Å². The van der Waals surface area contributed by atoms with E-state index in [0.717, 1.165) is 0 Å². The minimum Gasteiger partial charge on any atom is -0.480 e. The van der Waals surface area contributed by atoms with Crippen molar-refractivity contribution in [1.82, 2.24) is 4.98 Å². The number of pyridine rings is 1. The fraction of sp³-hybridized carbons (Fsp3) is 0.143. The van der Waals surface area contributed by atoms with Gasteiger partial charge in [-0.25, -0.2) is 4.98 Å². The highest BCUT2D eigenvalue weighted by Crippen LogP contribution is 2.07. The van der Waals surface area contributed by atoms with Crippen LogP contribution in [-0.2, 0) is 14.9 Å². The number of carboxylic acid groups (broad SMARTS) is 1. The molecule has 0 atom stereocenters. The second-order valence-corrected chi connectivity index (χ2v) is 3.92. The molecular weight excluding hydrogens is 210 g/mol. The quantitative estimate of drug-likeness (QED) is 0.706. The monoisotopic (exact) mass is 217 g/mol. The van der Waals surface area contributed by atoms with Gasteiger partial charge in [-0.2, -0.15) is 8.42 Å². The Morgan fingerprint density at radius 2 is 2.21 bits per heavy atom. The van der Waals surface area contributed by atoms with E-state index in [4.69, 9.17) is 5.11 Å². The predicted octanol–water partition coefficient (Wildman–Crippen LogP) is -0.125. The summed E-state index contributed by atoms with van der Waals surface area (Å²) in [7, 11) is -4.10. The highest BCUT2D eigenvalue weighted by Gasteiger charge is 2.17. The SMILES string of the molecule is O=C(O)CS(=O)(=O)Oc1ccccn1. The van der Waals surface area contributed by atoms with Crippen LogP contribution in [0, 0.1) is 0 Å². The molecule has 0 radical (unpaired) electrons. The molecule has 0 fully saturated rings. The van der Waals surface area contributed by atoms with E-state index < -0.39 is 21.8 Å². The van der Waals surface area contributed by atoms with Gasteiger partial charge < -0.3 is 9.29 Å². The van der Waals surface area contributed by atoms with Crippen molar-refractivity contribution < 1.29 is 22.5 Å². The molecule has 0 bridgehead atoms. The zero-order chi connectivity index (χ0) is 10.6. The largest absolute Gasteiger partial charge is 0.480 e. The summed E-state index contributed by atoms with van der Waals surface area (Å²) in [6.07, 6.45) is 1.34. The van der Waals surface area contributed by atoms with Crippen LogP contribution in [-0.4, -0.2) is 30.2 Å². The van der Waals surface area contributed by atoms with Crippen molar-refractivity contribution >= 4 is 16.1 Å². The highest BCUT2D eigenvalue weighted by molar-refractivity contribution is 7.87. The van der Waals surface area contributed by atoms with Crippen LogP contribution in [0.1, 0.15) is 0 Å². The van der Waals surface area contributed by atoms with Crippen LogP contribution in [0.15, 0.2) is 24.4 Å². The van der Waals surface area contributed by atoms with Crippen LogP contribution in [0.5, 0.6) is 5.88 Å². The molecule has 0 saturated carbocycles. The van der Waals surface area contributed by atoms with Gasteiger partial charge in [0.25, 0.3) is 0 Å². The average Bonchev–Trinajstić information content (AvgIpc) is 2.02. The first-order valence-corrected chi connectivity index (χ1v) is 5.12. The maximum atomic E-state index is 11.0. The number of carboxylic acids is 1. The van der Waals surface area contributed by atoms with Gasteiger partial charge in [0.15, 0.2) is 5.75 Å². The van der Waals surface area contributed by atoms with Gasteiger partial charge in [-0.1, -0.05) is 6.07 Å². The van der Waals surface area contributed by atoms with E-state index in [1.807, 2.05) is 0 Å². The lowest BCUT2D eigenvalue weighted by Gasteiger charge is -2.02. The molecule has 1 heterocycles. The standard InChI is InChI=1S/C7H7NO5S/c9-7(10)5-14(11,12)13-6-3-1-2-4-8-6/h1-4H,5H2,(H,9,10). The van der Waals surface area contributed by atoms with E-state index >= 15 is 0 Å². The van der Waals surface area contributed by atoms with Crippen LogP contribution in [0.4, 0.5) is 0 Å². The number of rotatable bonds is 4. The van der Waals surface area contributed by atoms with Gasteiger partial charge in [0.1, 0.15) is 0 Å². The Morgan fingerprint density at radius 1 is 1.50 bits per heavy atom. The Hall–Kier alpha value is -1.63. The summed E-state index contributed by atoms with van der Waals surface area (Å²) < 4.78 is 26.3. The predicted molar refractivity (Wildman–Crippen MR) is 46.3 cm³/mol. The van der Waals surface area contributed by atoms with Gasteiger partial charge in [-0.3, -0.25) is 4.79 Å². The fourth-order valence-corrected chi connectivity index (χ4v) is 1.43. The van der Waals surface area contributed by atoms with Gasteiger partial charge in [0, 0.05) is 12.3 Å². The summed E-state index contributed by atoms with van der Waals surface area (Å²) in [5, 5.41) is 8.25. The van der Waals surface area contributed by atoms with E-state index in [2.05, 4.69) is 9.17 Å². The fourth-order valence-electron chi connectivity index (χ4n) is 0.707. The molecule has 0 amide bonds. The number of aliphatic carboxylic acids is 1. The number of nitrogens with zero attached hydrogens (tertiary/aromatic N) is 1. The molecule has 0 spiro atoms. The molecule has 0 aliphatic rings. The van der Waals surface area contributed by atoms with Crippen LogP contribution in [0.3, 0.4) is 0 Å². The molecular formula is C7H7NO5S. The second kappa shape index (κ2) is 4.05. The van der Waals surface area contributed by atoms with Crippen molar-refractivity contribution in [2.24, 2.45) is 0 Å². The zero-order valence-electron chi connectivity index (χ0n) is 6.95. The van der Waals surface area contributed by atoms with Gasteiger partial charge in [-0.05, 0) is 6.07 Å². The smallest absolute Gasteiger partial charge is 0.322 e. The van der Waals surface area contributed by atoms with Crippen LogP contribution in [0.2, 0.25) is 0 Å². The Kier molecular flexibility index (Phi) is 3.03. The molecule has 6 nitrogen and oxygen atoms in total. The summed E-state index contributed by atoms with van der Waals surface area (Å²) in [6, 6.07) is 4.43. The van der Waals surface area contributed by atoms with Crippen molar-refractivity contribution in [3.63, 3.8) is 0 Å². The molecule has 0 saturated heterocycles.